The molecule has 0 radical (unpaired) electrons. The van der Waals surface area contributed by atoms with E-state index in [4.69, 9.17) is 11.6 Å². The molecule has 3 rings (SSSR count). The SMILES string of the molecule is CC1(C)CCCC1n1c(CCl)nc2c(F)cccc21. The molecule has 1 aliphatic rings. The van der Waals surface area contributed by atoms with Gasteiger partial charge in [0.1, 0.15) is 11.3 Å². The van der Waals surface area contributed by atoms with E-state index in [2.05, 4.69) is 23.4 Å². The van der Waals surface area contributed by atoms with E-state index in [0.29, 0.717) is 17.4 Å². The van der Waals surface area contributed by atoms with Crippen LogP contribution in [0.4, 0.5) is 4.39 Å². The van der Waals surface area contributed by atoms with E-state index in [0.717, 1.165) is 17.8 Å². The van der Waals surface area contributed by atoms with Gasteiger partial charge in [0.05, 0.1) is 11.4 Å². The Morgan fingerprint density at radius 3 is 2.89 bits per heavy atom. The Labute approximate surface area is 117 Å². The first-order valence-electron chi connectivity index (χ1n) is 6.76. The summed E-state index contributed by atoms with van der Waals surface area (Å²) in [6.45, 7) is 4.54. The summed E-state index contributed by atoms with van der Waals surface area (Å²) in [5, 5.41) is 0. The van der Waals surface area contributed by atoms with Gasteiger partial charge in [-0.1, -0.05) is 26.3 Å². The molecule has 0 N–H and O–H groups in total. The summed E-state index contributed by atoms with van der Waals surface area (Å²) in [5.74, 6) is 0.834. The molecule has 1 atom stereocenters. The molecule has 102 valence electrons. The Balaban J connectivity index is 2.25. The Hall–Kier alpha value is -1.09. The van der Waals surface area contributed by atoms with Gasteiger partial charge in [0, 0.05) is 6.04 Å². The first kappa shape index (κ1) is 12.9. The second-order valence-corrected chi connectivity index (χ2v) is 6.30. The maximum atomic E-state index is 13.9. The molecule has 0 bridgehead atoms. The summed E-state index contributed by atoms with van der Waals surface area (Å²) in [6, 6.07) is 5.50. The van der Waals surface area contributed by atoms with Crippen LogP contribution in [0.5, 0.6) is 0 Å². The first-order chi connectivity index (χ1) is 9.04. The second kappa shape index (κ2) is 4.48. The molecule has 0 aliphatic heterocycles. The molecule has 1 saturated carbocycles. The number of benzene rings is 1. The minimum atomic E-state index is -0.265. The summed E-state index contributed by atoms with van der Waals surface area (Å²) >= 11 is 6.02. The van der Waals surface area contributed by atoms with Crippen LogP contribution in [-0.2, 0) is 5.88 Å². The van der Waals surface area contributed by atoms with E-state index >= 15 is 0 Å². The number of fused-ring (bicyclic) bond motifs is 1. The van der Waals surface area contributed by atoms with Crippen LogP contribution in [0.1, 0.15) is 45.0 Å². The van der Waals surface area contributed by atoms with Gasteiger partial charge >= 0.3 is 0 Å². The van der Waals surface area contributed by atoms with Crippen molar-refractivity contribution in [3.63, 3.8) is 0 Å². The van der Waals surface area contributed by atoms with Gasteiger partial charge in [-0.3, -0.25) is 0 Å². The summed E-state index contributed by atoms with van der Waals surface area (Å²) in [5.41, 5.74) is 1.53. The predicted molar refractivity (Wildman–Crippen MR) is 75.9 cm³/mol. The monoisotopic (exact) mass is 280 g/mol. The van der Waals surface area contributed by atoms with E-state index in [1.165, 1.54) is 18.9 Å². The van der Waals surface area contributed by atoms with Crippen LogP contribution in [0.15, 0.2) is 18.2 Å². The van der Waals surface area contributed by atoms with Gasteiger partial charge in [-0.25, -0.2) is 9.37 Å². The van der Waals surface area contributed by atoms with Crippen LogP contribution >= 0.6 is 11.6 Å². The fourth-order valence-electron chi connectivity index (χ4n) is 3.36. The average molecular weight is 281 g/mol. The quantitative estimate of drug-likeness (QED) is 0.731. The number of hydrogen-bond acceptors (Lipinski definition) is 1. The molecule has 1 heterocycles. The van der Waals surface area contributed by atoms with Crippen molar-refractivity contribution in [2.24, 2.45) is 5.41 Å². The van der Waals surface area contributed by atoms with Crippen molar-refractivity contribution >= 4 is 22.6 Å². The number of hydrogen-bond donors (Lipinski definition) is 0. The van der Waals surface area contributed by atoms with Crippen molar-refractivity contribution in [1.82, 2.24) is 9.55 Å². The molecule has 1 fully saturated rings. The number of aromatic nitrogens is 2. The van der Waals surface area contributed by atoms with Crippen molar-refractivity contribution in [3.8, 4) is 0 Å². The molecule has 1 aromatic heterocycles. The normalized spacial score (nSPS) is 22.2. The van der Waals surface area contributed by atoms with E-state index in [9.17, 15) is 4.39 Å². The number of rotatable bonds is 2. The summed E-state index contributed by atoms with van der Waals surface area (Å²) < 4.78 is 16.0. The molecule has 0 spiro atoms. The third-order valence-electron chi connectivity index (χ3n) is 4.38. The van der Waals surface area contributed by atoms with E-state index in [-0.39, 0.29) is 11.2 Å². The molecule has 2 aromatic rings. The van der Waals surface area contributed by atoms with Gasteiger partial charge in [-0.05, 0) is 30.4 Å². The van der Waals surface area contributed by atoms with Crippen molar-refractivity contribution in [2.45, 2.75) is 45.0 Å². The van der Waals surface area contributed by atoms with Crippen molar-refractivity contribution in [2.75, 3.05) is 0 Å². The highest BCUT2D eigenvalue weighted by atomic mass is 35.5. The first-order valence-corrected chi connectivity index (χ1v) is 7.29. The van der Waals surface area contributed by atoms with E-state index in [1.807, 2.05) is 6.07 Å². The highest BCUT2D eigenvalue weighted by Crippen LogP contribution is 2.47. The molecule has 0 amide bonds. The van der Waals surface area contributed by atoms with E-state index < -0.39 is 0 Å². The molecule has 1 unspecified atom stereocenters. The highest BCUT2D eigenvalue weighted by Gasteiger charge is 2.37. The van der Waals surface area contributed by atoms with Crippen LogP contribution in [0.3, 0.4) is 0 Å². The Bertz CT molecular complexity index is 618. The molecule has 2 nitrogen and oxygen atoms in total. The molecule has 4 heteroatoms. The molecule has 0 saturated heterocycles. The number of imidazole rings is 1. The number of alkyl halides is 1. The predicted octanol–water partition coefficient (Wildman–Crippen LogP) is 4.67. The maximum absolute atomic E-state index is 13.9. The molecule has 1 aromatic carbocycles. The van der Waals surface area contributed by atoms with Crippen LogP contribution in [-0.4, -0.2) is 9.55 Å². The van der Waals surface area contributed by atoms with Crippen molar-refractivity contribution in [3.05, 3.63) is 29.8 Å². The van der Waals surface area contributed by atoms with Gasteiger partial charge in [-0.2, -0.15) is 0 Å². The van der Waals surface area contributed by atoms with Gasteiger partial charge in [-0.15, -0.1) is 11.6 Å². The smallest absolute Gasteiger partial charge is 0.151 e. The summed E-state index contributed by atoms with van der Waals surface area (Å²) in [7, 11) is 0. The lowest BCUT2D eigenvalue weighted by molar-refractivity contribution is 0.262. The zero-order valence-corrected chi connectivity index (χ0v) is 12.0. The minimum absolute atomic E-state index is 0.209. The lowest BCUT2D eigenvalue weighted by Crippen LogP contribution is -2.22. The van der Waals surface area contributed by atoms with Crippen molar-refractivity contribution in [1.29, 1.82) is 0 Å². The largest absolute Gasteiger partial charge is 0.323 e. The standard InChI is InChI=1S/C15H18ClFN2/c1-15(2)8-4-7-12(15)19-11-6-3-5-10(17)14(11)18-13(19)9-16/h3,5-6,12H,4,7-9H2,1-2H3. The molecular formula is C15H18ClFN2. The number of para-hydroxylation sites is 1. The van der Waals surface area contributed by atoms with E-state index in [1.54, 1.807) is 6.07 Å². The van der Waals surface area contributed by atoms with Crippen LogP contribution in [0.25, 0.3) is 11.0 Å². The minimum Gasteiger partial charge on any atom is -0.323 e. The molecule has 1 aliphatic carbocycles. The second-order valence-electron chi connectivity index (χ2n) is 6.04. The fraction of sp³-hybridized carbons (Fsp3) is 0.533. The fourth-order valence-corrected chi connectivity index (χ4v) is 3.55. The van der Waals surface area contributed by atoms with Gasteiger partial charge in [0.25, 0.3) is 0 Å². The lowest BCUT2D eigenvalue weighted by atomic mass is 9.87. The lowest BCUT2D eigenvalue weighted by Gasteiger charge is -2.30. The highest BCUT2D eigenvalue weighted by molar-refractivity contribution is 6.16. The number of halogens is 2. The van der Waals surface area contributed by atoms with Crippen LogP contribution in [0, 0.1) is 11.2 Å². The van der Waals surface area contributed by atoms with Gasteiger partial charge in [0.2, 0.25) is 0 Å². The van der Waals surface area contributed by atoms with Crippen LogP contribution in [0.2, 0.25) is 0 Å². The zero-order valence-electron chi connectivity index (χ0n) is 11.3. The topological polar surface area (TPSA) is 17.8 Å². The van der Waals surface area contributed by atoms with Gasteiger partial charge < -0.3 is 4.57 Å². The third kappa shape index (κ3) is 1.95. The number of nitrogens with zero attached hydrogens (tertiary/aromatic N) is 2. The van der Waals surface area contributed by atoms with Gasteiger partial charge in [0.15, 0.2) is 5.82 Å². The Kier molecular flexibility index (Phi) is 3.05. The molecular weight excluding hydrogens is 263 g/mol. The summed E-state index contributed by atoms with van der Waals surface area (Å²) in [4.78, 5) is 4.40. The third-order valence-corrected chi connectivity index (χ3v) is 4.61. The molecule has 19 heavy (non-hydrogen) atoms. The average Bonchev–Trinajstić information content (AvgIpc) is 2.89. The summed E-state index contributed by atoms with van der Waals surface area (Å²) in [6.07, 6.45) is 3.50. The van der Waals surface area contributed by atoms with Crippen molar-refractivity contribution < 1.29 is 4.39 Å². The maximum Gasteiger partial charge on any atom is 0.151 e. The zero-order chi connectivity index (χ0) is 13.6. The Morgan fingerprint density at radius 2 is 2.26 bits per heavy atom. The van der Waals surface area contributed by atoms with Crippen LogP contribution < -0.4 is 0 Å². The Morgan fingerprint density at radius 1 is 1.47 bits per heavy atom.